The van der Waals surface area contributed by atoms with Gasteiger partial charge in [-0.2, -0.15) is 11.8 Å². The van der Waals surface area contributed by atoms with Crippen molar-refractivity contribution in [3.8, 4) is 0 Å². The molecule has 1 amide bonds. The first kappa shape index (κ1) is 20.3. The highest BCUT2D eigenvalue weighted by atomic mass is 35.5. The van der Waals surface area contributed by atoms with E-state index in [1.807, 2.05) is 30.8 Å². The normalized spacial score (nSPS) is 17.9. The summed E-state index contributed by atoms with van der Waals surface area (Å²) in [5.41, 5.74) is 8.06. The second-order valence-corrected chi connectivity index (χ2v) is 7.21. The molecule has 0 aromatic heterocycles. The fourth-order valence-electron chi connectivity index (χ4n) is 2.50. The van der Waals surface area contributed by atoms with Crippen molar-refractivity contribution in [1.82, 2.24) is 4.90 Å². The number of hydrogen-bond acceptors (Lipinski definition) is 4. The lowest BCUT2D eigenvalue weighted by atomic mass is 9.99. The van der Waals surface area contributed by atoms with Crippen molar-refractivity contribution in [2.24, 2.45) is 11.7 Å². The van der Waals surface area contributed by atoms with E-state index in [2.05, 4.69) is 29.3 Å². The molecular weight excluding hydrogens is 330 g/mol. The number of carbonyl (C=O) groups is 1. The molecule has 6 heteroatoms. The van der Waals surface area contributed by atoms with E-state index in [1.165, 1.54) is 17.1 Å². The lowest BCUT2D eigenvalue weighted by Gasteiger charge is -2.26. The summed E-state index contributed by atoms with van der Waals surface area (Å²) in [6, 6.07) is 7.65. The van der Waals surface area contributed by atoms with Gasteiger partial charge >= 0.3 is 0 Å². The maximum absolute atomic E-state index is 12.2. The molecule has 4 nitrogen and oxygen atoms in total. The number of rotatable bonds is 6. The fraction of sp³-hybridized carbons (Fsp3) is 0.588. The zero-order valence-electron chi connectivity index (χ0n) is 14.0. The van der Waals surface area contributed by atoms with Crippen LogP contribution < -0.4 is 11.1 Å². The van der Waals surface area contributed by atoms with Crippen LogP contribution in [-0.2, 0) is 11.3 Å². The number of halogens is 1. The summed E-state index contributed by atoms with van der Waals surface area (Å²) in [6.07, 6.45) is 0.904. The molecule has 1 aromatic carbocycles. The van der Waals surface area contributed by atoms with Crippen LogP contribution in [0.1, 0.15) is 25.8 Å². The van der Waals surface area contributed by atoms with Crippen LogP contribution in [0.25, 0.3) is 0 Å². The van der Waals surface area contributed by atoms with E-state index < -0.39 is 6.04 Å². The Bertz CT molecular complexity index is 494. The fourth-order valence-corrected chi connectivity index (χ4v) is 3.48. The van der Waals surface area contributed by atoms with Gasteiger partial charge < -0.3 is 11.1 Å². The molecule has 2 rings (SSSR count). The summed E-state index contributed by atoms with van der Waals surface area (Å²) in [4.78, 5) is 14.6. The molecule has 0 aliphatic carbocycles. The number of nitrogens with one attached hydrogen (secondary N) is 1. The van der Waals surface area contributed by atoms with Gasteiger partial charge in [-0.25, -0.2) is 0 Å². The summed E-state index contributed by atoms with van der Waals surface area (Å²) in [7, 11) is 0. The minimum Gasteiger partial charge on any atom is -0.325 e. The molecule has 130 valence electrons. The van der Waals surface area contributed by atoms with Crippen molar-refractivity contribution < 1.29 is 4.79 Å². The molecule has 1 saturated heterocycles. The van der Waals surface area contributed by atoms with Gasteiger partial charge in [-0.1, -0.05) is 32.4 Å². The Labute approximate surface area is 150 Å². The Kier molecular flexibility index (Phi) is 8.99. The van der Waals surface area contributed by atoms with Gasteiger partial charge in [0.1, 0.15) is 0 Å². The number of carbonyl (C=O) groups excluding carboxylic acids is 1. The third-order valence-electron chi connectivity index (χ3n) is 4.26. The number of hydrogen-bond donors (Lipinski definition) is 2. The van der Waals surface area contributed by atoms with Crippen LogP contribution >= 0.6 is 24.2 Å². The van der Waals surface area contributed by atoms with E-state index in [1.54, 1.807) is 0 Å². The van der Waals surface area contributed by atoms with Crippen LogP contribution in [0.2, 0.25) is 0 Å². The molecule has 1 fully saturated rings. The van der Waals surface area contributed by atoms with Gasteiger partial charge in [0, 0.05) is 36.8 Å². The van der Waals surface area contributed by atoms with Gasteiger partial charge in [0.2, 0.25) is 5.91 Å². The first-order chi connectivity index (χ1) is 10.6. The van der Waals surface area contributed by atoms with Crippen LogP contribution in [0.3, 0.4) is 0 Å². The third kappa shape index (κ3) is 6.34. The molecule has 2 atom stereocenters. The van der Waals surface area contributed by atoms with Crippen LogP contribution in [-0.4, -0.2) is 41.4 Å². The van der Waals surface area contributed by atoms with E-state index in [4.69, 9.17) is 5.73 Å². The van der Waals surface area contributed by atoms with E-state index >= 15 is 0 Å². The second kappa shape index (κ2) is 10.2. The van der Waals surface area contributed by atoms with Gasteiger partial charge in [-0.3, -0.25) is 9.69 Å². The van der Waals surface area contributed by atoms with Crippen LogP contribution in [0.5, 0.6) is 0 Å². The standard InChI is InChI=1S/C17H27N3OS.ClH/c1-3-13(2)16(18)17(21)19-15-6-4-5-14(11-15)12-20-7-9-22-10-8-20;/h4-6,11,13,16H,3,7-10,12,18H2,1-2H3,(H,19,21);1H. The van der Waals surface area contributed by atoms with Crippen LogP contribution in [0.4, 0.5) is 5.69 Å². The van der Waals surface area contributed by atoms with Crippen LogP contribution in [0, 0.1) is 5.92 Å². The molecule has 2 unspecified atom stereocenters. The molecule has 3 N–H and O–H groups in total. The highest BCUT2D eigenvalue weighted by Gasteiger charge is 2.19. The lowest BCUT2D eigenvalue weighted by molar-refractivity contribution is -0.118. The Morgan fingerprint density at radius 1 is 1.39 bits per heavy atom. The predicted octanol–water partition coefficient (Wildman–Crippen LogP) is 2.97. The molecule has 1 aliphatic rings. The Morgan fingerprint density at radius 2 is 2.09 bits per heavy atom. The lowest BCUT2D eigenvalue weighted by Crippen LogP contribution is -2.40. The van der Waals surface area contributed by atoms with E-state index in [9.17, 15) is 4.79 Å². The first-order valence-electron chi connectivity index (χ1n) is 8.05. The number of anilines is 1. The minimum absolute atomic E-state index is 0. The molecular formula is C17H28ClN3OS. The smallest absolute Gasteiger partial charge is 0.241 e. The summed E-state index contributed by atoms with van der Waals surface area (Å²) in [6.45, 7) is 7.28. The summed E-state index contributed by atoms with van der Waals surface area (Å²) < 4.78 is 0. The zero-order chi connectivity index (χ0) is 15.9. The van der Waals surface area contributed by atoms with E-state index in [0.29, 0.717) is 0 Å². The maximum Gasteiger partial charge on any atom is 0.241 e. The summed E-state index contributed by atoms with van der Waals surface area (Å²) in [5, 5.41) is 2.95. The van der Waals surface area contributed by atoms with Crippen molar-refractivity contribution in [3.63, 3.8) is 0 Å². The van der Waals surface area contributed by atoms with E-state index in [0.717, 1.165) is 31.7 Å². The van der Waals surface area contributed by atoms with Crippen molar-refractivity contribution in [1.29, 1.82) is 0 Å². The molecule has 0 bridgehead atoms. The molecule has 0 radical (unpaired) electrons. The van der Waals surface area contributed by atoms with Crippen molar-refractivity contribution in [2.75, 3.05) is 29.9 Å². The van der Waals surface area contributed by atoms with Gasteiger partial charge in [-0.15, -0.1) is 12.4 Å². The summed E-state index contributed by atoms with van der Waals surface area (Å²) in [5.74, 6) is 2.51. The van der Waals surface area contributed by atoms with E-state index in [-0.39, 0.29) is 24.2 Å². The monoisotopic (exact) mass is 357 g/mol. The average molecular weight is 358 g/mol. The van der Waals surface area contributed by atoms with Crippen molar-refractivity contribution >= 4 is 35.8 Å². The molecule has 1 heterocycles. The molecule has 0 spiro atoms. The Hall–Kier alpha value is -0.750. The summed E-state index contributed by atoms with van der Waals surface area (Å²) >= 11 is 2.02. The average Bonchev–Trinajstić information content (AvgIpc) is 2.54. The zero-order valence-corrected chi connectivity index (χ0v) is 15.6. The SMILES string of the molecule is CCC(C)C(N)C(=O)Nc1cccc(CN2CCSCC2)c1.Cl. The van der Waals surface area contributed by atoms with Gasteiger partial charge in [0.25, 0.3) is 0 Å². The Morgan fingerprint density at radius 3 is 2.74 bits per heavy atom. The van der Waals surface area contributed by atoms with Crippen LogP contribution in [0.15, 0.2) is 24.3 Å². The molecule has 23 heavy (non-hydrogen) atoms. The number of amides is 1. The highest BCUT2D eigenvalue weighted by Crippen LogP contribution is 2.17. The molecule has 0 saturated carbocycles. The third-order valence-corrected chi connectivity index (χ3v) is 5.21. The number of benzene rings is 1. The second-order valence-electron chi connectivity index (χ2n) is 5.99. The highest BCUT2D eigenvalue weighted by molar-refractivity contribution is 7.99. The molecule has 1 aromatic rings. The Balaban J connectivity index is 0.00000264. The number of nitrogens with two attached hydrogens (primary N) is 1. The van der Waals surface area contributed by atoms with Crippen molar-refractivity contribution in [2.45, 2.75) is 32.9 Å². The van der Waals surface area contributed by atoms with Gasteiger partial charge in [0.05, 0.1) is 6.04 Å². The maximum atomic E-state index is 12.2. The predicted molar refractivity (Wildman–Crippen MR) is 102 cm³/mol. The quantitative estimate of drug-likeness (QED) is 0.821. The topological polar surface area (TPSA) is 58.4 Å². The van der Waals surface area contributed by atoms with Gasteiger partial charge in [0.15, 0.2) is 0 Å². The number of thioether (sulfide) groups is 1. The largest absolute Gasteiger partial charge is 0.325 e. The number of nitrogens with zero attached hydrogens (tertiary/aromatic N) is 1. The minimum atomic E-state index is -0.451. The first-order valence-corrected chi connectivity index (χ1v) is 9.21. The van der Waals surface area contributed by atoms with Gasteiger partial charge in [-0.05, 0) is 23.6 Å². The molecule has 1 aliphatic heterocycles. The van der Waals surface area contributed by atoms with Crippen molar-refractivity contribution in [3.05, 3.63) is 29.8 Å².